The second-order valence-corrected chi connectivity index (χ2v) is 10.3. The number of rotatable bonds is 6. The van der Waals surface area contributed by atoms with Crippen LogP contribution >= 0.6 is 11.6 Å². The van der Waals surface area contributed by atoms with Crippen molar-refractivity contribution in [1.82, 2.24) is 29.3 Å². The average molecular weight is 519 g/mol. The van der Waals surface area contributed by atoms with E-state index in [9.17, 15) is 13.7 Å². The molecule has 0 saturated carbocycles. The fourth-order valence-corrected chi connectivity index (χ4v) is 5.23. The van der Waals surface area contributed by atoms with Gasteiger partial charge in [-0.1, -0.05) is 17.7 Å². The van der Waals surface area contributed by atoms with Crippen LogP contribution in [-0.2, 0) is 29.9 Å². The molecule has 36 heavy (non-hydrogen) atoms. The van der Waals surface area contributed by atoms with Crippen LogP contribution in [0.5, 0.6) is 0 Å². The fourth-order valence-electron chi connectivity index (χ4n) is 3.84. The maximum absolute atomic E-state index is 12.9. The average Bonchev–Trinajstić information content (AvgIpc) is 3.45. The molecule has 0 amide bonds. The van der Waals surface area contributed by atoms with Gasteiger partial charge in [0.05, 0.1) is 16.3 Å². The number of aryl methyl sites for hydroxylation is 2. The van der Waals surface area contributed by atoms with Crippen molar-refractivity contribution >= 4 is 38.3 Å². The van der Waals surface area contributed by atoms with E-state index in [0.29, 0.717) is 38.7 Å². The van der Waals surface area contributed by atoms with E-state index in [1.54, 1.807) is 72.4 Å². The Morgan fingerprint density at radius 2 is 1.94 bits per heavy atom. The van der Waals surface area contributed by atoms with E-state index in [1.165, 1.54) is 0 Å². The quantitative estimate of drug-likeness (QED) is 0.360. The zero-order chi connectivity index (χ0) is 25.4. The fraction of sp³-hybridized carbons (Fsp3) is 0.125. The third-order valence-corrected chi connectivity index (χ3v) is 6.90. The molecule has 0 fully saturated rings. The van der Waals surface area contributed by atoms with Crippen LogP contribution in [0.1, 0.15) is 11.3 Å². The minimum absolute atomic E-state index is 0.175. The third-order valence-electron chi connectivity index (χ3n) is 5.39. The summed E-state index contributed by atoms with van der Waals surface area (Å²) in [5.74, 6) is -0.458. The molecule has 0 aliphatic heterocycles. The van der Waals surface area contributed by atoms with Crippen LogP contribution in [0.3, 0.4) is 0 Å². The van der Waals surface area contributed by atoms with E-state index in [1.807, 2.05) is 18.2 Å². The first-order valence-electron chi connectivity index (χ1n) is 10.7. The van der Waals surface area contributed by atoms with Gasteiger partial charge in [-0.2, -0.15) is 10.4 Å². The van der Waals surface area contributed by atoms with Crippen molar-refractivity contribution in [3.8, 4) is 28.7 Å². The van der Waals surface area contributed by atoms with Gasteiger partial charge in [0.1, 0.15) is 23.2 Å². The number of aromatic nitrogens is 6. The smallest absolute Gasteiger partial charge is 0.238 e. The van der Waals surface area contributed by atoms with Gasteiger partial charge >= 0.3 is 0 Å². The van der Waals surface area contributed by atoms with Gasteiger partial charge in [-0.05, 0) is 35.9 Å². The normalized spacial score (nSPS) is 11.5. The molecule has 0 radical (unpaired) electrons. The molecular weight excluding hydrogens is 500 g/mol. The van der Waals surface area contributed by atoms with Gasteiger partial charge in [0.2, 0.25) is 10.0 Å². The number of benzene rings is 1. The first-order chi connectivity index (χ1) is 17.2. The number of sulfonamides is 1. The van der Waals surface area contributed by atoms with Gasteiger partial charge in [-0.25, -0.2) is 18.4 Å². The van der Waals surface area contributed by atoms with Gasteiger partial charge in [0, 0.05) is 49.8 Å². The molecule has 0 saturated heterocycles. The molecule has 4 aromatic heterocycles. The van der Waals surface area contributed by atoms with E-state index < -0.39 is 10.0 Å². The van der Waals surface area contributed by atoms with Crippen molar-refractivity contribution in [1.29, 1.82) is 5.26 Å². The number of hydrogen-bond donors (Lipinski definition) is 1. The zero-order valence-electron chi connectivity index (χ0n) is 19.2. The molecule has 0 aliphatic carbocycles. The summed E-state index contributed by atoms with van der Waals surface area (Å²) in [6.45, 7) is 0. The van der Waals surface area contributed by atoms with Crippen molar-refractivity contribution in [3.05, 3.63) is 77.5 Å². The molecule has 12 heteroatoms. The van der Waals surface area contributed by atoms with Crippen LogP contribution in [0.2, 0.25) is 5.02 Å². The van der Waals surface area contributed by atoms with Gasteiger partial charge in [-0.15, -0.1) is 0 Å². The van der Waals surface area contributed by atoms with Crippen LogP contribution in [0.4, 0.5) is 5.82 Å². The molecule has 1 aromatic carbocycles. The van der Waals surface area contributed by atoms with E-state index >= 15 is 0 Å². The molecule has 180 valence electrons. The Hall–Kier alpha value is -4.27. The van der Waals surface area contributed by atoms with Crippen LogP contribution in [0.15, 0.2) is 61.2 Å². The summed E-state index contributed by atoms with van der Waals surface area (Å²) in [5.41, 5.74) is 2.72. The summed E-state index contributed by atoms with van der Waals surface area (Å²) in [5, 5.41) is 15.4. The molecule has 4 heterocycles. The minimum atomic E-state index is -3.89. The molecule has 10 nitrogen and oxygen atoms in total. The number of nitrogens with one attached hydrogen (secondary N) is 1. The van der Waals surface area contributed by atoms with Crippen LogP contribution in [0, 0.1) is 11.3 Å². The molecular formula is C24H19ClN8O2S. The molecule has 0 spiro atoms. The lowest BCUT2D eigenvalue weighted by molar-refractivity contribution is 0.600. The van der Waals surface area contributed by atoms with Crippen LogP contribution in [-0.4, -0.2) is 37.7 Å². The molecule has 0 atom stereocenters. The maximum atomic E-state index is 12.9. The van der Waals surface area contributed by atoms with Crippen molar-refractivity contribution in [2.75, 3.05) is 4.72 Å². The van der Waals surface area contributed by atoms with E-state index in [-0.39, 0.29) is 17.3 Å². The molecule has 1 N–H and O–H groups in total. The van der Waals surface area contributed by atoms with E-state index in [0.717, 1.165) is 5.39 Å². The van der Waals surface area contributed by atoms with Gasteiger partial charge in [0.25, 0.3) is 0 Å². The Morgan fingerprint density at radius 1 is 1.11 bits per heavy atom. The van der Waals surface area contributed by atoms with Gasteiger partial charge < -0.3 is 4.57 Å². The van der Waals surface area contributed by atoms with Crippen molar-refractivity contribution in [3.63, 3.8) is 0 Å². The predicted octanol–water partition coefficient (Wildman–Crippen LogP) is 3.90. The Morgan fingerprint density at radius 3 is 2.64 bits per heavy atom. The largest absolute Gasteiger partial charge is 0.357 e. The molecule has 0 aliphatic rings. The number of anilines is 1. The Kier molecular flexibility index (Phi) is 5.91. The summed E-state index contributed by atoms with van der Waals surface area (Å²) in [7, 11) is -0.332. The van der Waals surface area contributed by atoms with Crippen LogP contribution < -0.4 is 4.72 Å². The zero-order valence-corrected chi connectivity index (χ0v) is 20.8. The summed E-state index contributed by atoms with van der Waals surface area (Å²) in [6, 6.07) is 12.6. The van der Waals surface area contributed by atoms with Crippen molar-refractivity contribution in [2.24, 2.45) is 14.1 Å². The molecule has 5 aromatic rings. The highest BCUT2D eigenvalue weighted by Crippen LogP contribution is 2.35. The lowest BCUT2D eigenvalue weighted by Crippen LogP contribution is -2.18. The lowest BCUT2D eigenvalue weighted by atomic mass is 10.0. The summed E-state index contributed by atoms with van der Waals surface area (Å²) >= 11 is 6.50. The second-order valence-electron chi connectivity index (χ2n) is 8.18. The van der Waals surface area contributed by atoms with Crippen molar-refractivity contribution < 1.29 is 8.42 Å². The number of nitrogens with zero attached hydrogens (tertiary/aromatic N) is 7. The highest BCUT2D eigenvalue weighted by molar-refractivity contribution is 7.91. The first-order valence-corrected chi connectivity index (χ1v) is 12.7. The first kappa shape index (κ1) is 23.5. The van der Waals surface area contributed by atoms with Crippen molar-refractivity contribution in [2.45, 2.75) is 5.75 Å². The second kappa shape index (κ2) is 9.07. The number of pyridine rings is 1. The summed E-state index contributed by atoms with van der Waals surface area (Å²) in [6.07, 6.45) is 6.84. The number of nitriles is 1. The SMILES string of the molecule is Cn1ccc(CS(=O)(=O)Nc2nc(-c3ccn(C)n3)c(-c3cc(Cl)c4ncccc4c3)nc2C#N)c1. The summed E-state index contributed by atoms with van der Waals surface area (Å²) < 4.78 is 31.6. The van der Waals surface area contributed by atoms with Gasteiger partial charge in [-0.3, -0.25) is 14.4 Å². The van der Waals surface area contributed by atoms with E-state index in [4.69, 9.17) is 11.6 Å². The topological polar surface area (TPSA) is 131 Å². The van der Waals surface area contributed by atoms with Gasteiger partial charge in [0.15, 0.2) is 11.5 Å². The maximum Gasteiger partial charge on any atom is 0.238 e. The van der Waals surface area contributed by atoms with Crippen LogP contribution in [0.25, 0.3) is 33.5 Å². The lowest BCUT2D eigenvalue weighted by Gasteiger charge is -2.13. The van der Waals surface area contributed by atoms with E-state index in [2.05, 4.69) is 24.8 Å². The Labute approximate surface area is 211 Å². The summed E-state index contributed by atoms with van der Waals surface area (Å²) in [4.78, 5) is 13.3. The molecule has 5 rings (SSSR count). The number of fused-ring (bicyclic) bond motifs is 1. The number of hydrogen-bond acceptors (Lipinski definition) is 7. The highest BCUT2D eigenvalue weighted by Gasteiger charge is 2.23. The molecule has 0 bridgehead atoms. The highest BCUT2D eigenvalue weighted by atomic mass is 35.5. The Bertz CT molecular complexity index is 1770. The standard InChI is InChI=1S/C24H19ClN8O2S/c1-32-8-5-15(13-32)14-36(34,35)31-24-20(12-26)28-22(23(29-24)19-6-9-33(2)30-19)17-10-16-4-3-7-27-21(16)18(25)11-17/h3-11,13H,14H2,1-2H3,(H,29,31). The minimum Gasteiger partial charge on any atom is -0.357 e. The monoisotopic (exact) mass is 518 g/mol. The molecule has 0 unspecified atom stereocenters. The number of halogens is 1. The predicted molar refractivity (Wildman–Crippen MR) is 136 cm³/mol. The Balaban J connectivity index is 1.66. The third kappa shape index (κ3) is 4.64.